The molecular weight excluding hydrogens is 408 g/mol. The fourth-order valence-corrected chi connectivity index (χ4v) is 4.05. The molecule has 0 spiro atoms. The minimum Gasteiger partial charge on any atom is -0.481 e. The first-order chi connectivity index (χ1) is 14.0. The molecular formula is C20H24N4O3S2. The Kier molecular flexibility index (Phi) is 9.52. The lowest BCUT2D eigenvalue weighted by atomic mass is 10.2. The fourth-order valence-electron chi connectivity index (χ4n) is 2.17. The van der Waals surface area contributed by atoms with Crippen LogP contribution in [0.2, 0.25) is 0 Å². The molecule has 0 radical (unpaired) electrons. The van der Waals surface area contributed by atoms with Crippen molar-refractivity contribution in [3.05, 3.63) is 54.1 Å². The average molecular weight is 433 g/mol. The summed E-state index contributed by atoms with van der Waals surface area (Å²) in [7, 11) is 7.01. The summed E-state index contributed by atoms with van der Waals surface area (Å²) in [4.78, 5) is 24.6. The normalized spacial score (nSPS) is 10.8. The van der Waals surface area contributed by atoms with Gasteiger partial charge in [-0.3, -0.25) is 9.59 Å². The van der Waals surface area contributed by atoms with E-state index in [1.54, 1.807) is 35.1 Å². The van der Waals surface area contributed by atoms with E-state index >= 15 is 0 Å². The largest absolute Gasteiger partial charge is 0.481 e. The topological polar surface area (TPSA) is 94.4 Å². The number of anilines is 1. The quantitative estimate of drug-likeness (QED) is 0.302. The van der Waals surface area contributed by atoms with Gasteiger partial charge in [0.15, 0.2) is 0 Å². The van der Waals surface area contributed by atoms with Crippen molar-refractivity contribution in [3.63, 3.8) is 0 Å². The molecule has 1 amide bonds. The van der Waals surface area contributed by atoms with Crippen molar-refractivity contribution < 1.29 is 14.7 Å². The summed E-state index contributed by atoms with van der Waals surface area (Å²) in [6.45, 7) is 0.522. The summed E-state index contributed by atoms with van der Waals surface area (Å²) in [5.74, 6) is 0.333. The number of nitrogens with zero attached hydrogens (tertiary/aromatic N) is 3. The smallest absolute Gasteiger partial charge is 0.304 e. The molecule has 0 aliphatic carbocycles. The number of carbonyl (C=O) groups excluding carboxylic acids is 1. The van der Waals surface area contributed by atoms with Gasteiger partial charge in [-0.2, -0.15) is 10.2 Å². The first kappa shape index (κ1) is 22.8. The van der Waals surface area contributed by atoms with E-state index in [-0.39, 0.29) is 12.3 Å². The highest BCUT2D eigenvalue weighted by molar-refractivity contribution is 8.76. The van der Waals surface area contributed by atoms with Gasteiger partial charge >= 0.3 is 5.97 Å². The van der Waals surface area contributed by atoms with Gasteiger partial charge in [0.25, 0.3) is 5.91 Å². The summed E-state index contributed by atoms with van der Waals surface area (Å²) < 4.78 is 0. The van der Waals surface area contributed by atoms with Crippen molar-refractivity contribution in [1.29, 1.82) is 0 Å². The lowest BCUT2D eigenvalue weighted by Crippen LogP contribution is -2.25. The number of carboxylic acid groups (broad SMARTS) is 1. The Bertz CT molecular complexity index is 825. The molecule has 2 N–H and O–H groups in total. The van der Waals surface area contributed by atoms with Crippen LogP contribution >= 0.6 is 21.6 Å². The second-order valence-electron chi connectivity index (χ2n) is 6.20. The maximum atomic E-state index is 12.1. The van der Waals surface area contributed by atoms with E-state index in [9.17, 15) is 9.59 Å². The zero-order valence-electron chi connectivity index (χ0n) is 16.4. The Balaban J connectivity index is 1.75. The Morgan fingerprint density at radius 3 is 2.03 bits per heavy atom. The lowest BCUT2D eigenvalue weighted by Gasteiger charge is -2.11. The number of azo groups is 1. The summed E-state index contributed by atoms with van der Waals surface area (Å²) >= 11 is 0. The van der Waals surface area contributed by atoms with Crippen LogP contribution in [0.3, 0.4) is 0 Å². The van der Waals surface area contributed by atoms with Crippen LogP contribution in [0.15, 0.2) is 58.8 Å². The highest BCUT2D eigenvalue weighted by atomic mass is 33.1. The maximum Gasteiger partial charge on any atom is 0.304 e. The third-order valence-corrected chi connectivity index (χ3v) is 6.14. The van der Waals surface area contributed by atoms with Crippen molar-refractivity contribution in [2.45, 2.75) is 6.42 Å². The number of aliphatic carboxylic acids is 1. The SMILES string of the molecule is CN(C)c1ccc(N=Nc2ccc(C(=O)NCCSSCCC(=O)O)cc2)cc1. The molecule has 0 aliphatic heterocycles. The molecule has 0 heterocycles. The Hall–Kier alpha value is -2.52. The third kappa shape index (κ3) is 8.57. The van der Waals surface area contributed by atoms with E-state index in [2.05, 4.69) is 15.5 Å². The van der Waals surface area contributed by atoms with Crippen LogP contribution in [0.1, 0.15) is 16.8 Å². The Labute approximate surface area is 178 Å². The van der Waals surface area contributed by atoms with Gasteiger partial charge in [0, 0.05) is 43.4 Å². The Morgan fingerprint density at radius 2 is 1.48 bits per heavy atom. The summed E-state index contributed by atoms with van der Waals surface area (Å²) in [6, 6.07) is 14.7. The molecule has 2 aromatic rings. The lowest BCUT2D eigenvalue weighted by molar-refractivity contribution is -0.136. The highest BCUT2D eigenvalue weighted by Crippen LogP contribution is 2.22. The predicted molar refractivity (Wildman–Crippen MR) is 121 cm³/mol. The van der Waals surface area contributed by atoms with Crippen molar-refractivity contribution >= 4 is 50.5 Å². The van der Waals surface area contributed by atoms with Crippen LogP contribution < -0.4 is 10.2 Å². The standard InChI is InChI=1S/C20H24N4O3S2/c1-24(2)18-9-7-17(8-10-18)23-22-16-5-3-15(4-6-16)20(27)21-12-14-29-28-13-11-19(25)26/h3-10H,11-14H2,1-2H3,(H,21,27)(H,25,26). The molecule has 2 aromatic carbocycles. The van der Waals surface area contributed by atoms with Crippen molar-refractivity contribution in [3.8, 4) is 0 Å². The molecule has 0 fully saturated rings. The molecule has 7 nitrogen and oxygen atoms in total. The van der Waals surface area contributed by atoms with E-state index in [1.807, 2.05) is 43.3 Å². The number of carbonyl (C=O) groups is 2. The van der Waals surface area contributed by atoms with E-state index in [0.29, 0.717) is 23.5 Å². The van der Waals surface area contributed by atoms with Crippen molar-refractivity contribution in [2.75, 3.05) is 37.0 Å². The van der Waals surface area contributed by atoms with Gasteiger partial charge in [0.2, 0.25) is 0 Å². The number of benzene rings is 2. The molecule has 29 heavy (non-hydrogen) atoms. The van der Waals surface area contributed by atoms with Crippen LogP contribution in [-0.2, 0) is 4.79 Å². The molecule has 0 saturated heterocycles. The van der Waals surface area contributed by atoms with Crippen LogP contribution in [-0.4, -0.2) is 49.1 Å². The number of nitrogens with one attached hydrogen (secondary N) is 1. The monoisotopic (exact) mass is 432 g/mol. The number of hydrogen-bond donors (Lipinski definition) is 2. The average Bonchev–Trinajstić information content (AvgIpc) is 2.72. The van der Waals surface area contributed by atoms with Gasteiger partial charge in [0.05, 0.1) is 17.8 Å². The van der Waals surface area contributed by atoms with Gasteiger partial charge in [-0.1, -0.05) is 21.6 Å². The van der Waals surface area contributed by atoms with Crippen LogP contribution in [0.5, 0.6) is 0 Å². The van der Waals surface area contributed by atoms with Gasteiger partial charge in [-0.25, -0.2) is 0 Å². The molecule has 0 aromatic heterocycles. The van der Waals surface area contributed by atoms with E-state index < -0.39 is 5.97 Å². The highest BCUT2D eigenvalue weighted by Gasteiger charge is 2.05. The number of carboxylic acids is 1. The predicted octanol–water partition coefficient (Wildman–Crippen LogP) is 4.75. The van der Waals surface area contributed by atoms with Gasteiger partial charge in [-0.05, 0) is 48.5 Å². The van der Waals surface area contributed by atoms with E-state index in [1.165, 1.54) is 10.8 Å². The van der Waals surface area contributed by atoms with Gasteiger partial charge in [0.1, 0.15) is 0 Å². The maximum absolute atomic E-state index is 12.1. The van der Waals surface area contributed by atoms with Gasteiger partial charge < -0.3 is 15.3 Å². The number of rotatable bonds is 11. The minimum absolute atomic E-state index is 0.148. The fraction of sp³-hybridized carbons (Fsp3) is 0.300. The summed E-state index contributed by atoms with van der Waals surface area (Å²) in [6.07, 6.45) is 0.148. The molecule has 9 heteroatoms. The molecule has 0 bridgehead atoms. The van der Waals surface area contributed by atoms with Crippen LogP contribution in [0.25, 0.3) is 0 Å². The molecule has 0 saturated carbocycles. The number of amides is 1. The van der Waals surface area contributed by atoms with Crippen LogP contribution in [0, 0.1) is 0 Å². The molecule has 2 rings (SSSR count). The molecule has 154 valence electrons. The second kappa shape index (κ2) is 12.1. The Morgan fingerprint density at radius 1 is 0.931 bits per heavy atom. The zero-order valence-corrected chi connectivity index (χ0v) is 18.0. The minimum atomic E-state index is -0.795. The van der Waals surface area contributed by atoms with Crippen molar-refractivity contribution in [2.24, 2.45) is 10.2 Å². The summed E-state index contributed by atoms with van der Waals surface area (Å²) in [5.41, 5.74) is 3.08. The van der Waals surface area contributed by atoms with E-state index in [4.69, 9.17) is 5.11 Å². The summed E-state index contributed by atoms with van der Waals surface area (Å²) in [5, 5.41) is 19.8. The van der Waals surface area contributed by atoms with E-state index in [0.717, 1.165) is 17.1 Å². The van der Waals surface area contributed by atoms with Crippen molar-refractivity contribution in [1.82, 2.24) is 5.32 Å². The molecule has 0 unspecified atom stereocenters. The first-order valence-corrected chi connectivity index (χ1v) is 11.5. The molecule has 0 aliphatic rings. The van der Waals surface area contributed by atoms with Gasteiger partial charge in [-0.15, -0.1) is 0 Å². The number of hydrogen-bond acceptors (Lipinski definition) is 7. The second-order valence-corrected chi connectivity index (χ2v) is 8.90. The molecule has 0 atom stereocenters. The third-order valence-electron chi connectivity index (χ3n) is 3.73. The first-order valence-electron chi connectivity index (χ1n) is 8.99. The zero-order chi connectivity index (χ0) is 21.1. The van der Waals surface area contributed by atoms with Crippen LogP contribution in [0.4, 0.5) is 17.1 Å².